The Hall–Kier alpha value is -0.930. The third-order valence-electron chi connectivity index (χ3n) is 1.76. The minimum absolute atomic E-state index is 0.0648. The first-order valence-corrected chi connectivity index (χ1v) is 4.49. The molecule has 0 radical (unpaired) electrons. The molecule has 1 aromatic rings. The molecule has 0 fully saturated rings. The van der Waals surface area contributed by atoms with Crippen LogP contribution in [-0.4, -0.2) is 11.3 Å². The zero-order valence-electron chi connectivity index (χ0n) is 7.97. The SMILES string of the molecule is CC(C)(N)C(=O)c1cc(Cl)ccc1F. The van der Waals surface area contributed by atoms with E-state index in [1.165, 1.54) is 26.0 Å². The van der Waals surface area contributed by atoms with Crippen LogP contribution >= 0.6 is 11.6 Å². The van der Waals surface area contributed by atoms with Crippen LogP contribution in [0.15, 0.2) is 18.2 Å². The topological polar surface area (TPSA) is 43.1 Å². The Morgan fingerprint density at radius 2 is 2.07 bits per heavy atom. The fourth-order valence-corrected chi connectivity index (χ4v) is 1.19. The van der Waals surface area contributed by atoms with E-state index in [2.05, 4.69) is 0 Å². The Kier molecular flexibility index (Phi) is 2.92. The fourth-order valence-electron chi connectivity index (χ4n) is 1.02. The Labute approximate surface area is 86.9 Å². The highest BCUT2D eigenvalue weighted by molar-refractivity contribution is 6.31. The van der Waals surface area contributed by atoms with Crippen LogP contribution in [-0.2, 0) is 0 Å². The normalized spacial score (nSPS) is 11.5. The number of hydrogen-bond donors (Lipinski definition) is 1. The fraction of sp³-hybridized carbons (Fsp3) is 0.300. The zero-order valence-corrected chi connectivity index (χ0v) is 8.73. The van der Waals surface area contributed by atoms with Gasteiger partial charge in [0.2, 0.25) is 0 Å². The van der Waals surface area contributed by atoms with E-state index >= 15 is 0 Å². The number of ketones is 1. The van der Waals surface area contributed by atoms with E-state index in [0.717, 1.165) is 6.07 Å². The lowest BCUT2D eigenvalue weighted by molar-refractivity contribution is 0.0909. The molecule has 2 nitrogen and oxygen atoms in total. The number of hydrogen-bond acceptors (Lipinski definition) is 2. The molecule has 2 N–H and O–H groups in total. The van der Waals surface area contributed by atoms with Crippen LogP contribution in [0.4, 0.5) is 4.39 Å². The lowest BCUT2D eigenvalue weighted by Gasteiger charge is -2.17. The molecule has 0 unspecified atom stereocenters. The molecule has 0 heterocycles. The lowest BCUT2D eigenvalue weighted by Crippen LogP contribution is -2.41. The minimum Gasteiger partial charge on any atom is -0.319 e. The van der Waals surface area contributed by atoms with Crippen molar-refractivity contribution in [3.05, 3.63) is 34.6 Å². The van der Waals surface area contributed by atoms with Gasteiger partial charge in [-0.05, 0) is 32.0 Å². The van der Waals surface area contributed by atoms with E-state index in [1.807, 2.05) is 0 Å². The van der Waals surface area contributed by atoms with Crippen molar-refractivity contribution < 1.29 is 9.18 Å². The summed E-state index contributed by atoms with van der Waals surface area (Å²) < 4.78 is 13.2. The van der Waals surface area contributed by atoms with Gasteiger partial charge in [-0.25, -0.2) is 4.39 Å². The van der Waals surface area contributed by atoms with Crippen LogP contribution in [0.5, 0.6) is 0 Å². The van der Waals surface area contributed by atoms with Gasteiger partial charge in [0.15, 0.2) is 5.78 Å². The Morgan fingerprint density at radius 3 is 2.57 bits per heavy atom. The third kappa shape index (κ3) is 2.30. The molecule has 76 valence electrons. The molecule has 0 spiro atoms. The number of carbonyl (C=O) groups is 1. The number of halogens is 2. The van der Waals surface area contributed by atoms with E-state index in [9.17, 15) is 9.18 Å². The molecule has 0 amide bonds. The van der Waals surface area contributed by atoms with Crippen LogP contribution in [0.2, 0.25) is 5.02 Å². The van der Waals surface area contributed by atoms with Crippen molar-refractivity contribution >= 4 is 17.4 Å². The zero-order chi connectivity index (χ0) is 10.9. The summed E-state index contributed by atoms with van der Waals surface area (Å²) >= 11 is 5.65. The molecule has 14 heavy (non-hydrogen) atoms. The van der Waals surface area contributed by atoms with E-state index in [0.29, 0.717) is 5.02 Å². The van der Waals surface area contributed by atoms with Crippen LogP contribution in [0.3, 0.4) is 0 Å². The second kappa shape index (κ2) is 3.67. The monoisotopic (exact) mass is 215 g/mol. The summed E-state index contributed by atoms with van der Waals surface area (Å²) in [5, 5.41) is 0.319. The summed E-state index contributed by atoms with van der Waals surface area (Å²) in [5.74, 6) is -1.06. The van der Waals surface area contributed by atoms with Crippen molar-refractivity contribution in [3.63, 3.8) is 0 Å². The summed E-state index contributed by atoms with van der Waals surface area (Å²) in [6, 6.07) is 3.83. The second-order valence-corrected chi connectivity index (χ2v) is 4.11. The van der Waals surface area contributed by atoms with Crippen LogP contribution in [0.25, 0.3) is 0 Å². The van der Waals surface area contributed by atoms with Gasteiger partial charge >= 0.3 is 0 Å². The smallest absolute Gasteiger partial charge is 0.185 e. The van der Waals surface area contributed by atoms with Crippen molar-refractivity contribution in [1.29, 1.82) is 0 Å². The molecule has 0 bridgehead atoms. The molecule has 0 aliphatic rings. The quantitative estimate of drug-likeness (QED) is 0.770. The molecule has 0 saturated heterocycles. The van der Waals surface area contributed by atoms with Gasteiger partial charge in [0, 0.05) is 5.02 Å². The first-order valence-electron chi connectivity index (χ1n) is 4.11. The second-order valence-electron chi connectivity index (χ2n) is 3.67. The van der Waals surface area contributed by atoms with Crippen molar-refractivity contribution in [3.8, 4) is 0 Å². The standard InChI is InChI=1S/C10H11ClFNO/c1-10(2,13)9(14)7-5-6(11)3-4-8(7)12/h3-5H,13H2,1-2H3. The van der Waals surface area contributed by atoms with E-state index in [1.54, 1.807) is 0 Å². The van der Waals surface area contributed by atoms with Crippen molar-refractivity contribution in [1.82, 2.24) is 0 Å². The average Bonchev–Trinajstić information content (AvgIpc) is 2.06. The molecule has 0 saturated carbocycles. The van der Waals surface area contributed by atoms with Gasteiger partial charge in [0.05, 0.1) is 11.1 Å². The number of carbonyl (C=O) groups excluding carboxylic acids is 1. The highest BCUT2D eigenvalue weighted by Gasteiger charge is 2.26. The van der Waals surface area contributed by atoms with E-state index in [4.69, 9.17) is 17.3 Å². The summed E-state index contributed by atoms with van der Waals surface area (Å²) in [6.45, 7) is 3.05. The van der Waals surface area contributed by atoms with E-state index in [-0.39, 0.29) is 5.56 Å². The first kappa shape index (κ1) is 11.1. The number of benzene rings is 1. The summed E-state index contributed by atoms with van der Waals surface area (Å²) in [6.07, 6.45) is 0. The Balaban J connectivity index is 3.19. The maximum absolute atomic E-state index is 13.2. The number of Topliss-reactive ketones (excluding diaryl/α,β-unsaturated/α-hetero) is 1. The molecule has 0 atom stereocenters. The molecule has 0 aliphatic carbocycles. The predicted octanol–water partition coefficient (Wildman–Crippen LogP) is 2.40. The van der Waals surface area contributed by atoms with Gasteiger partial charge in [0.1, 0.15) is 5.82 Å². The van der Waals surface area contributed by atoms with Crippen LogP contribution in [0.1, 0.15) is 24.2 Å². The first-order chi connectivity index (χ1) is 6.32. The molecule has 1 aromatic carbocycles. The molecular weight excluding hydrogens is 205 g/mol. The van der Waals surface area contributed by atoms with Crippen molar-refractivity contribution in [2.75, 3.05) is 0 Å². The molecule has 4 heteroatoms. The highest BCUT2D eigenvalue weighted by atomic mass is 35.5. The van der Waals surface area contributed by atoms with Crippen molar-refractivity contribution in [2.45, 2.75) is 19.4 Å². The van der Waals surface area contributed by atoms with Crippen molar-refractivity contribution in [2.24, 2.45) is 5.73 Å². The number of rotatable bonds is 2. The van der Waals surface area contributed by atoms with Gasteiger partial charge in [-0.1, -0.05) is 11.6 Å². The van der Waals surface area contributed by atoms with Crippen LogP contribution in [0, 0.1) is 5.82 Å². The third-order valence-corrected chi connectivity index (χ3v) is 1.99. The van der Waals surface area contributed by atoms with Gasteiger partial charge in [-0.15, -0.1) is 0 Å². The van der Waals surface area contributed by atoms with Gasteiger partial charge in [-0.3, -0.25) is 4.79 Å². The molecular formula is C10H11ClFNO. The lowest BCUT2D eigenvalue weighted by atomic mass is 9.94. The van der Waals surface area contributed by atoms with Crippen LogP contribution < -0.4 is 5.73 Å². The maximum Gasteiger partial charge on any atom is 0.185 e. The minimum atomic E-state index is -1.09. The van der Waals surface area contributed by atoms with E-state index < -0.39 is 17.1 Å². The molecule has 0 aliphatic heterocycles. The largest absolute Gasteiger partial charge is 0.319 e. The summed E-state index contributed by atoms with van der Waals surface area (Å²) in [5.41, 5.74) is 4.41. The molecule has 0 aromatic heterocycles. The number of nitrogens with two attached hydrogens (primary N) is 1. The van der Waals surface area contributed by atoms with Gasteiger partial charge < -0.3 is 5.73 Å². The predicted molar refractivity (Wildman–Crippen MR) is 54.0 cm³/mol. The highest BCUT2D eigenvalue weighted by Crippen LogP contribution is 2.18. The summed E-state index contributed by atoms with van der Waals surface area (Å²) in [4.78, 5) is 11.6. The maximum atomic E-state index is 13.2. The van der Waals surface area contributed by atoms with Gasteiger partial charge in [0.25, 0.3) is 0 Å². The summed E-state index contributed by atoms with van der Waals surface area (Å²) in [7, 11) is 0. The Morgan fingerprint density at radius 1 is 1.50 bits per heavy atom. The van der Waals surface area contributed by atoms with Gasteiger partial charge in [-0.2, -0.15) is 0 Å². The average molecular weight is 216 g/mol. The Bertz CT molecular complexity index is 371. The molecule has 1 rings (SSSR count).